The molecule has 0 amide bonds. The molecule has 0 aromatic rings. The predicted molar refractivity (Wildman–Crippen MR) is 92.3 cm³/mol. The predicted octanol–water partition coefficient (Wildman–Crippen LogP) is 4.69. The first-order valence-electron chi connectivity index (χ1n) is 10.1. The zero-order chi connectivity index (χ0) is 17.3. The van der Waals surface area contributed by atoms with Gasteiger partial charge in [0.05, 0.1) is 5.60 Å². The minimum absolute atomic E-state index is 0.0388. The molecule has 4 saturated carbocycles. The summed E-state index contributed by atoms with van der Waals surface area (Å²) in [6, 6.07) is 0. The van der Waals surface area contributed by atoms with Crippen LogP contribution in [0.15, 0.2) is 0 Å². The fourth-order valence-electron chi connectivity index (χ4n) is 7.65. The lowest BCUT2D eigenvalue weighted by molar-refractivity contribution is -0.165. The second-order valence-corrected chi connectivity index (χ2v) is 10.1. The summed E-state index contributed by atoms with van der Waals surface area (Å²) in [4.78, 5) is 12.1. The number of carbonyl (C=O) groups is 1. The summed E-state index contributed by atoms with van der Waals surface area (Å²) in [5.41, 5.74) is -1.64. The van der Waals surface area contributed by atoms with E-state index >= 15 is 4.39 Å². The highest BCUT2D eigenvalue weighted by atomic mass is 19.1. The Morgan fingerprint density at radius 1 is 1.00 bits per heavy atom. The van der Waals surface area contributed by atoms with Crippen LogP contribution in [0.4, 0.5) is 4.39 Å². The SMILES string of the molecule is CC(=O)[C@H]1CCC2[C@@H]3CC[C@@H]4C[C@](C)(O)CC[C@]4(F)C3CC[C@@]21C. The Morgan fingerprint density at radius 3 is 2.46 bits per heavy atom. The van der Waals surface area contributed by atoms with Crippen molar-refractivity contribution >= 4 is 5.78 Å². The van der Waals surface area contributed by atoms with E-state index in [0.717, 1.165) is 38.5 Å². The van der Waals surface area contributed by atoms with E-state index in [-0.39, 0.29) is 23.2 Å². The van der Waals surface area contributed by atoms with E-state index < -0.39 is 11.3 Å². The van der Waals surface area contributed by atoms with Gasteiger partial charge in [-0.05, 0) is 101 Å². The Bertz CT molecular complexity index is 544. The van der Waals surface area contributed by atoms with E-state index in [2.05, 4.69) is 6.92 Å². The van der Waals surface area contributed by atoms with E-state index in [1.54, 1.807) is 6.92 Å². The molecule has 0 aliphatic heterocycles. The maximum Gasteiger partial charge on any atom is 0.133 e. The van der Waals surface area contributed by atoms with Crippen LogP contribution in [-0.4, -0.2) is 22.2 Å². The smallest absolute Gasteiger partial charge is 0.133 e. The molecule has 0 aromatic heterocycles. The van der Waals surface area contributed by atoms with Crippen molar-refractivity contribution in [2.75, 3.05) is 0 Å². The summed E-state index contributed by atoms with van der Waals surface area (Å²) in [5.74, 6) is 1.73. The summed E-state index contributed by atoms with van der Waals surface area (Å²) in [5, 5.41) is 10.4. The Balaban J connectivity index is 1.61. The molecular formula is C21H33FO2. The largest absolute Gasteiger partial charge is 0.390 e. The van der Waals surface area contributed by atoms with Crippen molar-refractivity contribution in [3.05, 3.63) is 0 Å². The zero-order valence-corrected chi connectivity index (χ0v) is 15.5. The van der Waals surface area contributed by atoms with E-state index in [0.29, 0.717) is 36.9 Å². The third-order valence-corrected chi connectivity index (χ3v) is 8.80. The molecule has 2 unspecified atom stereocenters. The molecule has 0 bridgehead atoms. The number of rotatable bonds is 1. The average Bonchev–Trinajstić information content (AvgIpc) is 2.85. The van der Waals surface area contributed by atoms with Crippen LogP contribution in [0.3, 0.4) is 0 Å². The maximum absolute atomic E-state index is 16.2. The number of fused-ring (bicyclic) bond motifs is 5. The monoisotopic (exact) mass is 336 g/mol. The molecule has 2 nitrogen and oxygen atoms in total. The van der Waals surface area contributed by atoms with Crippen LogP contribution in [0, 0.1) is 35.0 Å². The van der Waals surface area contributed by atoms with Gasteiger partial charge in [0.15, 0.2) is 0 Å². The van der Waals surface area contributed by atoms with Gasteiger partial charge < -0.3 is 5.11 Å². The molecule has 3 heteroatoms. The number of alkyl halides is 1. The Labute approximate surface area is 145 Å². The molecule has 4 rings (SSSR count). The van der Waals surface area contributed by atoms with Crippen LogP contribution in [0.5, 0.6) is 0 Å². The molecule has 4 aliphatic rings. The van der Waals surface area contributed by atoms with Crippen LogP contribution in [0.2, 0.25) is 0 Å². The van der Waals surface area contributed by atoms with Crippen LogP contribution in [-0.2, 0) is 4.79 Å². The van der Waals surface area contributed by atoms with E-state index in [1.807, 2.05) is 6.92 Å². The molecule has 0 heterocycles. The fraction of sp³-hybridized carbons (Fsp3) is 0.952. The third kappa shape index (κ3) is 2.26. The van der Waals surface area contributed by atoms with Gasteiger partial charge in [0.1, 0.15) is 11.5 Å². The first-order chi connectivity index (χ1) is 11.2. The highest BCUT2D eigenvalue weighted by Gasteiger charge is 2.63. The number of Topliss-reactive ketones (excluding diaryl/α,β-unsaturated/α-hetero) is 1. The Hall–Kier alpha value is -0.440. The fourth-order valence-corrected chi connectivity index (χ4v) is 7.65. The van der Waals surface area contributed by atoms with Crippen LogP contribution in [0.25, 0.3) is 0 Å². The van der Waals surface area contributed by atoms with Crippen LogP contribution in [0.1, 0.15) is 78.6 Å². The van der Waals surface area contributed by atoms with Gasteiger partial charge in [-0.15, -0.1) is 0 Å². The van der Waals surface area contributed by atoms with Crippen molar-refractivity contribution in [3.8, 4) is 0 Å². The number of ketones is 1. The number of aliphatic hydroxyl groups is 1. The quantitative estimate of drug-likeness (QED) is 0.754. The molecule has 0 spiro atoms. The summed E-state index contributed by atoms with van der Waals surface area (Å²) in [7, 11) is 0. The van der Waals surface area contributed by atoms with Crippen molar-refractivity contribution in [2.45, 2.75) is 89.8 Å². The minimum Gasteiger partial charge on any atom is -0.390 e. The summed E-state index contributed by atoms with van der Waals surface area (Å²) >= 11 is 0. The molecule has 0 aromatic carbocycles. The van der Waals surface area contributed by atoms with E-state index in [9.17, 15) is 9.90 Å². The molecule has 24 heavy (non-hydrogen) atoms. The molecule has 1 N–H and O–H groups in total. The van der Waals surface area contributed by atoms with Crippen molar-refractivity contribution < 1.29 is 14.3 Å². The Morgan fingerprint density at radius 2 is 1.75 bits per heavy atom. The Kier molecular flexibility index (Phi) is 3.74. The normalized spacial score (nSPS) is 57.0. The summed E-state index contributed by atoms with van der Waals surface area (Å²) in [6.45, 7) is 5.95. The molecule has 0 saturated heterocycles. The lowest BCUT2D eigenvalue weighted by Gasteiger charge is -2.59. The van der Waals surface area contributed by atoms with Gasteiger partial charge in [-0.25, -0.2) is 4.39 Å². The molecule has 136 valence electrons. The van der Waals surface area contributed by atoms with Gasteiger partial charge in [0.25, 0.3) is 0 Å². The number of carbonyl (C=O) groups excluding carboxylic acids is 1. The molecule has 8 atom stereocenters. The van der Waals surface area contributed by atoms with Gasteiger partial charge in [0, 0.05) is 5.92 Å². The standard InChI is InChI=1S/C21H33FO2/c1-13(23)16-6-7-17-15-5-4-14-12-19(2,24)10-11-21(14,22)18(15)8-9-20(16,17)3/h14-18,24H,4-12H2,1-3H3/t14-,15+,16-,17?,18?,19-,20-,21-/m1/s1. The lowest BCUT2D eigenvalue weighted by Crippen LogP contribution is -2.58. The maximum atomic E-state index is 16.2. The zero-order valence-electron chi connectivity index (χ0n) is 15.5. The van der Waals surface area contributed by atoms with Crippen molar-refractivity contribution in [1.29, 1.82) is 0 Å². The summed E-state index contributed by atoms with van der Waals surface area (Å²) in [6.07, 6.45) is 7.86. The molecule has 4 fully saturated rings. The van der Waals surface area contributed by atoms with Gasteiger partial charge in [0.2, 0.25) is 0 Å². The highest BCUT2D eigenvalue weighted by molar-refractivity contribution is 5.79. The molecule has 4 aliphatic carbocycles. The van der Waals surface area contributed by atoms with E-state index in [1.165, 1.54) is 0 Å². The number of hydrogen-bond acceptors (Lipinski definition) is 2. The van der Waals surface area contributed by atoms with Gasteiger partial charge >= 0.3 is 0 Å². The van der Waals surface area contributed by atoms with E-state index in [4.69, 9.17) is 0 Å². The second kappa shape index (κ2) is 5.28. The highest BCUT2D eigenvalue weighted by Crippen LogP contribution is 2.66. The van der Waals surface area contributed by atoms with Crippen molar-refractivity contribution in [2.24, 2.45) is 35.0 Å². The van der Waals surface area contributed by atoms with Crippen molar-refractivity contribution in [1.82, 2.24) is 0 Å². The first-order valence-corrected chi connectivity index (χ1v) is 10.1. The van der Waals surface area contributed by atoms with Crippen LogP contribution >= 0.6 is 0 Å². The van der Waals surface area contributed by atoms with Crippen LogP contribution < -0.4 is 0 Å². The molecule has 0 radical (unpaired) electrons. The minimum atomic E-state index is -1.07. The second-order valence-electron chi connectivity index (χ2n) is 10.1. The number of hydrogen-bond donors (Lipinski definition) is 1. The topological polar surface area (TPSA) is 37.3 Å². The average molecular weight is 336 g/mol. The van der Waals surface area contributed by atoms with Gasteiger partial charge in [-0.1, -0.05) is 6.92 Å². The van der Waals surface area contributed by atoms with Crippen molar-refractivity contribution in [3.63, 3.8) is 0 Å². The lowest BCUT2D eigenvalue weighted by atomic mass is 9.48. The first kappa shape index (κ1) is 17.0. The third-order valence-electron chi connectivity index (χ3n) is 8.80. The summed E-state index contributed by atoms with van der Waals surface area (Å²) < 4.78 is 16.2. The number of halogens is 1. The van der Waals surface area contributed by atoms with Gasteiger partial charge in [-0.2, -0.15) is 0 Å². The van der Waals surface area contributed by atoms with Gasteiger partial charge in [-0.3, -0.25) is 4.79 Å². The molecular weight excluding hydrogens is 303 g/mol.